The zero-order valence-corrected chi connectivity index (χ0v) is 10.2. The molecule has 1 amide bonds. The third-order valence-corrected chi connectivity index (χ3v) is 3.71. The Balaban J connectivity index is 2.13. The molecule has 1 aliphatic heterocycles. The lowest BCUT2D eigenvalue weighted by molar-refractivity contribution is 0.100. The van der Waals surface area contributed by atoms with Crippen molar-refractivity contribution >= 4 is 16.8 Å². The van der Waals surface area contributed by atoms with Crippen LogP contribution in [0.4, 0.5) is 0 Å². The van der Waals surface area contributed by atoms with E-state index in [2.05, 4.69) is 16.0 Å². The number of aromatic nitrogens is 1. The van der Waals surface area contributed by atoms with Crippen LogP contribution in [0.1, 0.15) is 29.2 Å². The molecule has 0 spiro atoms. The molecule has 2 aromatic rings. The van der Waals surface area contributed by atoms with Crippen LogP contribution in [0, 0.1) is 0 Å². The maximum Gasteiger partial charge on any atom is 0.250 e. The van der Waals surface area contributed by atoms with Gasteiger partial charge in [0.15, 0.2) is 0 Å². The van der Waals surface area contributed by atoms with Crippen LogP contribution in [-0.4, -0.2) is 23.6 Å². The molecule has 0 bridgehead atoms. The van der Waals surface area contributed by atoms with E-state index >= 15 is 0 Å². The SMILES string of the molecule is NC(=O)c1cn(C2CCNCC2)c2ccccc12. The Morgan fingerprint density at radius 2 is 2.00 bits per heavy atom. The molecule has 1 saturated heterocycles. The Labute approximate surface area is 106 Å². The molecule has 0 saturated carbocycles. The smallest absolute Gasteiger partial charge is 0.250 e. The summed E-state index contributed by atoms with van der Waals surface area (Å²) in [6.45, 7) is 2.06. The molecule has 1 aliphatic rings. The van der Waals surface area contributed by atoms with Gasteiger partial charge in [-0.05, 0) is 32.0 Å². The van der Waals surface area contributed by atoms with E-state index in [9.17, 15) is 4.79 Å². The monoisotopic (exact) mass is 243 g/mol. The van der Waals surface area contributed by atoms with Crippen molar-refractivity contribution in [3.63, 3.8) is 0 Å². The summed E-state index contributed by atoms with van der Waals surface area (Å²) in [5, 5.41) is 4.32. The van der Waals surface area contributed by atoms with Gasteiger partial charge in [-0.1, -0.05) is 18.2 Å². The minimum absolute atomic E-state index is 0.348. The summed E-state index contributed by atoms with van der Waals surface area (Å²) in [4.78, 5) is 11.5. The fourth-order valence-corrected chi connectivity index (χ4v) is 2.79. The number of nitrogens with two attached hydrogens (primary N) is 1. The summed E-state index contributed by atoms with van der Waals surface area (Å²) >= 11 is 0. The summed E-state index contributed by atoms with van der Waals surface area (Å²) in [5.41, 5.74) is 7.20. The molecule has 0 aliphatic carbocycles. The van der Waals surface area contributed by atoms with E-state index in [1.807, 2.05) is 24.4 Å². The van der Waals surface area contributed by atoms with E-state index < -0.39 is 0 Å². The van der Waals surface area contributed by atoms with Gasteiger partial charge in [0.25, 0.3) is 5.91 Å². The normalized spacial score (nSPS) is 17.1. The van der Waals surface area contributed by atoms with Crippen LogP contribution >= 0.6 is 0 Å². The second-order valence-electron chi connectivity index (χ2n) is 4.81. The van der Waals surface area contributed by atoms with Crippen LogP contribution in [0.5, 0.6) is 0 Å². The first-order valence-electron chi connectivity index (χ1n) is 6.37. The van der Waals surface area contributed by atoms with Gasteiger partial charge in [-0.25, -0.2) is 0 Å². The molecule has 0 radical (unpaired) electrons. The molecule has 18 heavy (non-hydrogen) atoms. The molecule has 4 heteroatoms. The molecule has 1 aromatic carbocycles. The third kappa shape index (κ3) is 1.78. The van der Waals surface area contributed by atoms with Crippen LogP contribution in [0.3, 0.4) is 0 Å². The van der Waals surface area contributed by atoms with Crippen molar-refractivity contribution < 1.29 is 4.79 Å². The van der Waals surface area contributed by atoms with Crippen LogP contribution in [0.15, 0.2) is 30.5 Å². The molecule has 3 N–H and O–H groups in total. The number of hydrogen-bond donors (Lipinski definition) is 2. The number of para-hydroxylation sites is 1. The molecule has 0 atom stereocenters. The molecule has 3 rings (SSSR count). The van der Waals surface area contributed by atoms with Gasteiger partial charge in [0.05, 0.1) is 5.56 Å². The number of carbonyl (C=O) groups excluding carboxylic acids is 1. The van der Waals surface area contributed by atoms with E-state index in [1.165, 1.54) is 0 Å². The number of piperidine rings is 1. The minimum atomic E-state index is -0.348. The predicted molar refractivity (Wildman–Crippen MR) is 71.6 cm³/mol. The van der Waals surface area contributed by atoms with E-state index in [4.69, 9.17) is 5.73 Å². The molecular formula is C14H17N3O. The first-order valence-corrected chi connectivity index (χ1v) is 6.37. The van der Waals surface area contributed by atoms with Gasteiger partial charge in [0.1, 0.15) is 0 Å². The lowest BCUT2D eigenvalue weighted by atomic mass is 10.1. The Morgan fingerprint density at radius 1 is 1.28 bits per heavy atom. The lowest BCUT2D eigenvalue weighted by Crippen LogP contribution is -2.29. The van der Waals surface area contributed by atoms with Gasteiger partial charge >= 0.3 is 0 Å². The number of fused-ring (bicyclic) bond motifs is 1. The summed E-state index contributed by atoms with van der Waals surface area (Å²) in [5.74, 6) is -0.348. The van der Waals surface area contributed by atoms with Crippen molar-refractivity contribution in [1.29, 1.82) is 0 Å². The van der Waals surface area contributed by atoms with E-state index in [0.717, 1.165) is 36.8 Å². The van der Waals surface area contributed by atoms with Crippen molar-refractivity contribution in [1.82, 2.24) is 9.88 Å². The third-order valence-electron chi connectivity index (χ3n) is 3.71. The summed E-state index contributed by atoms with van der Waals surface area (Å²) < 4.78 is 2.22. The number of nitrogens with zero attached hydrogens (tertiary/aromatic N) is 1. The van der Waals surface area contributed by atoms with Crippen LogP contribution < -0.4 is 11.1 Å². The highest BCUT2D eigenvalue weighted by Crippen LogP contribution is 2.28. The Hall–Kier alpha value is -1.81. The fraction of sp³-hybridized carbons (Fsp3) is 0.357. The van der Waals surface area contributed by atoms with E-state index in [-0.39, 0.29) is 5.91 Å². The van der Waals surface area contributed by atoms with Gasteiger partial charge in [-0.3, -0.25) is 4.79 Å². The van der Waals surface area contributed by atoms with Crippen LogP contribution in [0.2, 0.25) is 0 Å². The summed E-state index contributed by atoms with van der Waals surface area (Å²) in [6.07, 6.45) is 4.11. The quantitative estimate of drug-likeness (QED) is 0.842. The second-order valence-corrected chi connectivity index (χ2v) is 4.81. The first kappa shape index (κ1) is 11.3. The Kier molecular flexibility index (Phi) is 2.80. The number of carbonyl (C=O) groups is 1. The second kappa shape index (κ2) is 4.46. The highest BCUT2D eigenvalue weighted by Gasteiger charge is 2.19. The van der Waals surface area contributed by atoms with Crippen molar-refractivity contribution in [3.8, 4) is 0 Å². The van der Waals surface area contributed by atoms with Gasteiger partial charge in [-0.2, -0.15) is 0 Å². The molecule has 2 heterocycles. The highest BCUT2D eigenvalue weighted by molar-refractivity contribution is 6.06. The largest absolute Gasteiger partial charge is 0.366 e. The zero-order valence-electron chi connectivity index (χ0n) is 10.2. The van der Waals surface area contributed by atoms with Gasteiger partial charge < -0.3 is 15.6 Å². The average Bonchev–Trinajstić information content (AvgIpc) is 2.79. The van der Waals surface area contributed by atoms with E-state index in [0.29, 0.717) is 11.6 Å². The molecule has 1 aromatic heterocycles. The number of primary amides is 1. The standard InChI is InChI=1S/C14H17N3O/c15-14(18)12-9-17(10-5-7-16-8-6-10)13-4-2-1-3-11(12)13/h1-4,9-10,16H,5-8H2,(H2,15,18). The molecule has 0 unspecified atom stereocenters. The number of benzene rings is 1. The molecule has 4 nitrogen and oxygen atoms in total. The number of nitrogens with one attached hydrogen (secondary N) is 1. The number of rotatable bonds is 2. The summed E-state index contributed by atoms with van der Waals surface area (Å²) in [7, 11) is 0. The van der Waals surface area contributed by atoms with Crippen molar-refractivity contribution in [2.24, 2.45) is 5.73 Å². The van der Waals surface area contributed by atoms with Crippen molar-refractivity contribution in [2.45, 2.75) is 18.9 Å². The number of amides is 1. The van der Waals surface area contributed by atoms with Crippen LogP contribution in [0.25, 0.3) is 10.9 Å². The van der Waals surface area contributed by atoms with Crippen LogP contribution in [-0.2, 0) is 0 Å². The van der Waals surface area contributed by atoms with Crippen molar-refractivity contribution in [2.75, 3.05) is 13.1 Å². The Bertz CT molecular complexity index is 582. The zero-order chi connectivity index (χ0) is 12.5. The average molecular weight is 243 g/mol. The topological polar surface area (TPSA) is 60.1 Å². The number of hydrogen-bond acceptors (Lipinski definition) is 2. The minimum Gasteiger partial charge on any atom is -0.366 e. The van der Waals surface area contributed by atoms with Gasteiger partial charge in [0.2, 0.25) is 0 Å². The fourth-order valence-electron chi connectivity index (χ4n) is 2.79. The van der Waals surface area contributed by atoms with E-state index in [1.54, 1.807) is 0 Å². The summed E-state index contributed by atoms with van der Waals surface area (Å²) in [6, 6.07) is 8.44. The maximum atomic E-state index is 11.5. The van der Waals surface area contributed by atoms with Crippen molar-refractivity contribution in [3.05, 3.63) is 36.0 Å². The Morgan fingerprint density at radius 3 is 2.72 bits per heavy atom. The molecule has 94 valence electrons. The highest BCUT2D eigenvalue weighted by atomic mass is 16.1. The maximum absolute atomic E-state index is 11.5. The molecule has 1 fully saturated rings. The van der Waals surface area contributed by atoms with Gasteiger partial charge in [-0.15, -0.1) is 0 Å². The van der Waals surface area contributed by atoms with Gasteiger partial charge in [0, 0.05) is 23.1 Å². The molecular weight excluding hydrogens is 226 g/mol. The lowest BCUT2D eigenvalue weighted by Gasteiger charge is -2.25. The predicted octanol–water partition coefficient (Wildman–Crippen LogP) is 1.66. The first-order chi connectivity index (χ1) is 8.77.